The fraction of sp³-hybridized carbons (Fsp3) is 0.682. The van der Waals surface area contributed by atoms with Crippen LogP contribution in [-0.4, -0.2) is 87.8 Å². The number of piperazine rings is 1. The monoisotopic (exact) mass is 386 g/mol. The van der Waals surface area contributed by atoms with Crippen LogP contribution in [0.15, 0.2) is 35.3 Å². The van der Waals surface area contributed by atoms with E-state index in [1.807, 2.05) is 0 Å². The number of hydrogen-bond donors (Lipinski definition) is 2. The molecule has 156 valence electrons. The lowest BCUT2D eigenvalue weighted by Gasteiger charge is -2.32. The van der Waals surface area contributed by atoms with Gasteiger partial charge in [-0.05, 0) is 51.9 Å². The molecule has 2 saturated heterocycles. The third-order valence-corrected chi connectivity index (χ3v) is 5.74. The number of benzene rings is 1. The van der Waals surface area contributed by atoms with Gasteiger partial charge in [-0.25, -0.2) is 0 Å². The maximum absolute atomic E-state index is 4.82. The SMILES string of the molecule is CCNC(=NCCCCN1CCN(C)CC1)NC1CCN(c2ccccc2)C1. The minimum atomic E-state index is 0.461. The lowest BCUT2D eigenvalue weighted by atomic mass is 10.2. The van der Waals surface area contributed by atoms with E-state index in [2.05, 4.69) is 69.6 Å². The van der Waals surface area contributed by atoms with Crippen molar-refractivity contribution < 1.29 is 0 Å². The summed E-state index contributed by atoms with van der Waals surface area (Å²) in [4.78, 5) is 12.3. The number of anilines is 1. The highest BCUT2D eigenvalue weighted by atomic mass is 15.3. The van der Waals surface area contributed by atoms with Crippen molar-refractivity contribution in [2.45, 2.75) is 32.2 Å². The summed E-state index contributed by atoms with van der Waals surface area (Å²) in [5.41, 5.74) is 1.32. The molecule has 1 aromatic carbocycles. The summed E-state index contributed by atoms with van der Waals surface area (Å²) >= 11 is 0. The maximum atomic E-state index is 4.82. The minimum absolute atomic E-state index is 0.461. The molecule has 0 bridgehead atoms. The minimum Gasteiger partial charge on any atom is -0.369 e. The predicted molar refractivity (Wildman–Crippen MR) is 119 cm³/mol. The van der Waals surface area contributed by atoms with Gasteiger partial charge in [0.2, 0.25) is 0 Å². The van der Waals surface area contributed by atoms with Gasteiger partial charge in [-0.2, -0.15) is 0 Å². The zero-order valence-corrected chi connectivity index (χ0v) is 17.7. The number of para-hydroxylation sites is 1. The van der Waals surface area contributed by atoms with Crippen LogP contribution in [0.25, 0.3) is 0 Å². The number of unbranched alkanes of at least 4 members (excludes halogenated alkanes) is 1. The summed E-state index contributed by atoms with van der Waals surface area (Å²) < 4.78 is 0. The highest BCUT2D eigenvalue weighted by Crippen LogP contribution is 2.19. The summed E-state index contributed by atoms with van der Waals surface area (Å²) in [7, 11) is 2.21. The van der Waals surface area contributed by atoms with Crippen LogP contribution < -0.4 is 15.5 Å². The Morgan fingerprint density at radius 2 is 1.86 bits per heavy atom. The quantitative estimate of drug-likeness (QED) is 0.406. The Hall–Kier alpha value is -1.79. The first kappa shape index (κ1) is 20.9. The van der Waals surface area contributed by atoms with Crippen molar-refractivity contribution in [3.8, 4) is 0 Å². The molecule has 28 heavy (non-hydrogen) atoms. The van der Waals surface area contributed by atoms with Gasteiger partial charge in [-0.15, -0.1) is 0 Å². The Balaban J connectivity index is 1.37. The van der Waals surface area contributed by atoms with E-state index >= 15 is 0 Å². The Labute approximate surface area is 171 Å². The Morgan fingerprint density at radius 3 is 2.61 bits per heavy atom. The van der Waals surface area contributed by atoms with Crippen molar-refractivity contribution in [3.63, 3.8) is 0 Å². The van der Waals surface area contributed by atoms with E-state index in [4.69, 9.17) is 4.99 Å². The third-order valence-electron chi connectivity index (χ3n) is 5.74. The first-order chi connectivity index (χ1) is 13.7. The predicted octanol–water partition coefficient (Wildman–Crippen LogP) is 1.85. The van der Waals surface area contributed by atoms with Gasteiger partial charge in [0.1, 0.15) is 0 Å². The van der Waals surface area contributed by atoms with Crippen molar-refractivity contribution in [1.29, 1.82) is 0 Å². The summed E-state index contributed by atoms with van der Waals surface area (Å²) in [6, 6.07) is 11.2. The number of nitrogens with zero attached hydrogens (tertiary/aromatic N) is 4. The van der Waals surface area contributed by atoms with E-state index in [-0.39, 0.29) is 0 Å². The van der Waals surface area contributed by atoms with Crippen LogP contribution in [0.5, 0.6) is 0 Å². The van der Waals surface area contributed by atoms with Gasteiger partial charge in [0, 0.05) is 64.1 Å². The number of likely N-dealkylation sites (N-methyl/N-ethyl adjacent to an activating group) is 1. The van der Waals surface area contributed by atoms with Crippen LogP contribution in [0, 0.1) is 0 Å². The van der Waals surface area contributed by atoms with Crippen molar-refractivity contribution in [3.05, 3.63) is 30.3 Å². The molecule has 2 aliphatic rings. The van der Waals surface area contributed by atoms with Crippen molar-refractivity contribution in [2.75, 3.05) is 70.9 Å². The molecular weight excluding hydrogens is 348 g/mol. The van der Waals surface area contributed by atoms with E-state index in [0.717, 1.165) is 45.0 Å². The lowest BCUT2D eigenvalue weighted by molar-refractivity contribution is 0.152. The molecule has 6 nitrogen and oxygen atoms in total. The largest absolute Gasteiger partial charge is 0.369 e. The molecule has 1 unspecified atom stereocenters. The molecule has 6 heteroatoms. The topological polar surface area (TPSA) is 46.1 Å². The normalized spacial score (nSPS) is 21.9. The second kappa shape index (κ2) is 11.3. The lowest BCUT2D eigenvalue weighted by Crippen LogP contribution is -2.45. The van der Waals surface area contributed by atoms with E-state index in [1.54, 1.807) is 0 Å². The van der Waals surface area contributed by atoms with Gasteiger partial charge < -0.3 is 25.3 Å². The van der Waals surface area contributed by atoms with Gasteiger partial charge in [0.25, 0.3) is 0 Å². The molecule has 1 atom stereocenters. The van der Waals surface area contributed by atoms with Crippen molar-refractivity contribution >= 4 is 11.6 Å². The fourth-order valence-corrected chi connectivity index (χ4v) is 3.97. The standard InChI is InChI=1S/C22H38N6/c1-3-23-22(24-12-7-8-13-27-17-15-26(2)16-18-27)25-20-11-14-28(19-20)21-9-5-4-6-10-21/h4-6,9-10,20H,3,7-8,11-19H2,1-2H3,(H2,23,24,25). The highest BCUT2D eigenvalue weighted by molar-refractivity contribution is 5.80. The van der Waals surface area contributed by atoms with E-state index < -0.39 is 0 Å². The van der Waals surface area contributed by atoms with E-state index in [0.29, 0.717) is 6.04 Å². The summed E-state index contributed by atoms with van der Waals surface area (Å²) in [5, 5.41) is 7.06. The summed E-state index contributed by atoms with van der Waals surface area (Å²) in [6.07, 6.45) is 3.55. The number of aliphatic imine (C=N–C) groups is 1. The van der Waals surface area contributed by atoms with Crippen LogP contribution in [0.2, 0.25) is 0 Å². The molecule has 2 N–H and O–H groups in total. The van der Waals surface area contributed by atoms with Gasteiger partial charge in [0.15, 0.2) is 5.96 Å². The van der Waals surface area contributed by atoms with Gasteiger partial charge >= 0.3 is 0 Å². The number of hydrogen-bond acceptors (Lipinski definition) is 4. The second-order valence-corrected chi connectivity index (χ2v) is 8.02. The molecule has 0 amide bonds. The first-order valence-corrected chi connectivity index (χ1v) is 11.0. The third kappa shape index (κ3) is 6.67. The van der Waals surface area contributed by atoms with Gasteiger partial charge in [-0.1, -0.05) is 18.2 Å². The van der Waals surface area contributed by atoms with Crippen LogP contribution in [0.1, 0.15) is 26.2 Å². The molecule has 3 rings (SSSR count). The van der Waals surface area contributed by atoms with Gasteiger partial charge in [0.05, 0.1) is 0 Å². The second-order valence-electron chi connectivity index (χ2n) is 8.02. The molecule has 0 aromatic heterocycles. The van der Waals surface area contributed by atoms with E-state index in [9.17, 15) is 0 Å². The zero-order chi connectivity index (χ0) is 19.6. The fourth-order valence-electron chi connectivity index (χ4n) is 3.97. The average molecular weight is 387 g/mol. The Morgan fingerprint density at radius 1 is 1.07 bits per heavy atom. The summed E-state index contributed by atoms with van der Waals surface area (Å²) in [6.45, 7) is 12.1. The number of nitrogens with one attached hydrogen (secondary N) is 2. The van der Waals surface area contributed by atoms with E-state index in [1.165, 1.54) is 44.8 Å². The average Bonchev–Trinajstić information content (AvgIpc) is 3.18. The molecule has 0 saturated carbocycles. The molecule has 2 heterocycles. The zero-order valence-electron chi connectivity index (χ0n) is 17.7. The van der Waals surface area contributed by atoms with Crippen molar-refractivity contribution in [2.24, 2.45) is 4.99 Å². The molecule has 2 aliphatic heterocycles. The smallest absolute Gasteiger partial charge is 0.191 e. The molecular formula is C22H38N6. The maximum Gasteiger partial charge on any atom is 0.191 e. The van der Waals surface area contributed by atoms with Crippen LogP contribution in [-0.2, 0) is 0 Å². The Bertz CT molecular complexity index is 582. The first-order valence-electron chi connectivity index (χ1n) is 11.0. The van der Waals surface area contributed by atoms with Gasteiger partial charge in [-0.3, -0.25) is 4.99 Å². The molecule has 0 aliphatic carbocycles. The van der Waals surface area contributed by atoms with Crippen LogP contribution in [0.3, 0.4) is 0 Å². The molecule has 0 spiro atoms. The van der Waals surface area contributed by atoms with Crippen LogP contribution >= 0.6 is 0 Å². The number of guanidine groups is 1. The summed E-state index contributed by atoms with van der Waals surface area (Å²) in [5.74, 6) is 0.974. The molecule has 0 radical (unpaired) electrons. The van der Waals surface area contributed by atoms with Crippen molar-refractivity contribution in [1.82, 2.24) is 20.4 Å². The highest BCUT2D eigenvalue weighted by Gasteiger charge is 2.23. The Kier molecular flexibility index (Phi) is 8.42. The molecule has 1 aromatic rings. The van der Waals surface area contributed by atoms with Crippen LogP contribution in [0.4, 0.5) is 5.69 Å². The molecule has 2 fully saturated rings. The number of rotatable bonds is 8.